The number of aryl methyl sites for hydroxylation is 2. The molecule has 0 aliphatic heterocycles. The number of hydrogen-bond acceptors (Lipinski definition) is 4. The van der Waals surface area contributed by atoms with Gasteiger partial charge in [-0.2, -0.15) is 5.10 Å². The fourth-order valence-corrected chi connectivity index (χ4v) is 3.02. The summed E-state index contributed by atoms with van der Waals surface area (Å²) in [7, 11) is 3.81. The largest absolute Gasteiger partial charge is 0.383 e. The number of likely N-dealkylation sites (N-methyl/N-ethyl adjacent to an activating group) is 1. The van der Waals surface area contributed by atoms with E-state index in [9.17, 15) is 0 Å². The molecule has 1 unspecified atom stereocenters. The number of pyridine rings is 1. The maximum absolute atomic E-state index is 5.41. The van der Waals surface area contributed by atoms with Gasteiger partial charge in [-0.25, -0.2) is 4.68 Å². The fraction of sp³-hybridized carbons (Fsp3) is 0.333. The maximum atomic E-state index is 5.41. The highest BCUT2D eigenvalue weighted by molar-refractivity contribution is 5.39. The standard InChI is InChI=1S/C21H26N4O/c1-16-8-9-19(11-17(16)2)25-14-18(12-23-25)13-24(3)21(15-26-4)20-7-5-6-10-22-20/h5-12,14,21H,13,15H2,1-4H3. The van der Waals surface area contributed by atoms with Gasteiger partial charge >= 0.3 is 0 Å². The van der Waals surface area contributed by atoms with Gasteiger partial charge in [-0.05, 0) is 56.3 Å². The molecule has 0 N–H and O–H groups in total. The van der Waals surface area contributed by atoms with Crippen molar-refractivity contribution in [3.05, 3.63) is 77.4 Å². The number of benzene rings is 1. The van der Waals surface area contributed by atoms with Crippen LogP contribution in [0.3, 0.4) is 0 Å². The van der Waals surface area contributed by atoms with E-state index in [1.54, 1.807) is 7.11 Å². The van der Waals surface area contributed by atoms with Gasteiger partial charge in [0.2, 0.25) is 0 Å². The zero-order valence-electron chi connectivity index (χ0n) is 15.9. The van der Waals surface area contributed by atoms with E-state index in [4.69, 9.17) is 4.74 Å². The van der Waals surface area contributed by atoms with Crippen molar-refractivity contribution < 1.29 is 4.74 Å². The van der Waals surface area contributed by atoms with E-state index in [0.29, 0.717) is 6.61 Å². The van der Waals surface area contributed by atoms with Crippen LogP contribution in [0.5, 0.6) is 0 Å². The number of rotatable bonds is 7. The molecule has 26 heavy (non-hydrogen) atoms. The Balaban J connectivity index is 1.75. The van der Waals surface area contributed by atoms with Crippen LogP contribution in [-0.4, -0.2) is 40.4 Å². The van der Waals surface area contributed by atoms with Crippen molar-refractivity contribution in [3.8, 4) is 5.69 Å². The van der Waals surface area contributed by atoms with Crippen molar-refractivity contribution in [3.63, 3.8) is 0 Å². The van der Waals surface area contributed by atoms with E-state index in [1.165, 1.54) is 11.1 Å². The van der Waals surface area contributed by atoms with Crippen molar-refractivity contribution in [2.45, 2.75) is 26.4 Å². The third-order valence-electron chi connectivity index (χ3n) is 4.71. The number of aromatic nitrogens is 3. The summed E-state index contributed by atoms with van der Waals surface area (Å²) in [5.74, 6) is 0. The summed E-state index contributed by atoms with van der Waals surface area (Å²) < 4.78 is 7.35. The minimum atomic E-state index is 0.103. The number of nitrogens with zero attached hydrogens (tertiary/aromatic N) is 4. The van der Waals surface area contributed by atoms with Crippen LogP contribution in [0.2, 0.25) is 0 Å². The Morgan fingerprint density at radius 1 is 1.15 bits per heavy atom. The Morgan fingerprint density at radius 3 is 2.69 bits per heavy atom. The fourth-order valence-electron chi connectivity index (χ4n) is 3.02. The summed E-state index contributed by atoms with van der Waals surface area (Å²) in [4.78, 5) is 6.73. The minimum absolute atomic E-state index is 0.103. The molecule has 1 aromatic carbocycles. The molecule has 5 heteroatoms. The second kappa shape index (κ2) is 8.25. The van der Waals surface area contributed by atoms with Gasteiger partial charge in [-0.3, -0.25) is 9.88 Å². The predicted molar refractivity (Wildman–Crippen MR) is 103 cm³/mol. The summed E-state index contributed by atoms with van der Waals surface area (Å²) in [5.41, 5.74) is 5.81. The lowest BCUT2D eigenvalue weighted by molar-refractivity contribution is 0.1000. The van der Waals surface area contributed by atoms with Gasteiger partial charge in [0.25, 0.3) is 0 Å². The molecule has 0 spiro atoms. The highest BCUT2D eigenvalue weighted by atomic mass is 16.5. The second-order valence-electron chi connectivity index (χ2n) is 6.70. The molecule has 1 atom stereocenters. The van der Waals surface area contributed by atoms with E-state index in [2.05, 4.69) is 60.3 Å². The summed E-state index contributed by atoms with van der Waals surface area (Å²) >= 11 is 0. The third-order valence-corrected chi connectivity index (χ3v) is 4.71. The average Bonchev–Trinajstić information content (AvgIpc) is 3.11. The summed E-state index contributed by atoms with van der Waals surface area (Å²) in [6.07, 6.45) is 5.83. The highest BCUT2D eigenvalue weighted by Gasteiger charge is 2.19. The van der Waals surface area contributed by atoms with Crippen molar-refractivity contribution in [1.82, 2.24) is 19.7 Å². The van der Waals surface area contributed by atoms with Gasteiger partial charge in [-0.15, -0.1) is 0 Å². The summed E-state index contributed by atoms with van der Waals surface area (Å²) in [6, 6.07) is 12.5. The summed E-state index contributed by atoms with van der Waals surface area (Å²) in [6.45, 7) is 5.61. The Morgan fingerprint density at radius 2 is 2.00 bits per heavy atom. The molecule has 0 fully saturated rings. The van der Waals surface area contributed by atoms with Crippen LogP contribution in [0.15, 0.2) is 55.0 Å². The van der Waals surface area contributed by atoms with Gasteiger partial charge in [-0.1, -0.05) is 12.1 Å². The molecule has 3 rings (SSSR count). The molecule has 0 saturated heterocycles. The number of ether oxygens (including phenoxy) is 1. The van der Waals surface area contributed by atoms with Gasteiger partial charge in [0.15, 0.2) is 0 Å². The molecule has 2 heterocycles. The van der Waals surface area contributed by atoms with E-state index in [0.717, 1.165) is 23.5 Å². The van der Waals surface area contributed by atoms with E-state index >= 15 is 0 Å². The van der Waals surface area contributed by atoms with Gasteiger partial charge in [0.05, 0.1) is 30.2 Å². The Labute approximate surface area is 155 Å². The topological polar surface area (TPSA) is 43.2 Å². The first-order valence-electron chi connectivity index (χ1n) is 8.79. The maximum Gasteiger partial charge on any atom is 0.0757 e. The molecule has 0 aliphatic carbocycles. The first-order valence-corrected chi connectivity index (χ1v) is 8.79. The molecule has 3 aromatic rings. The normalized spacial score (nSPS) is 12.5. The zero-order chi connectivity index (χ0) is 18.5. The average molecular weight is 350 g/mol. The second-order valence-corrected chi connectivity index (χ2v) is 6.70. The Bertz CT molecular complexity index is 844. The molecule has 0 amide bonds. The van der Waals surface area contributed by atoms with Crippen LogP contribution in [0.4, 0.5) is 0 Å². The van der Waals surface area contributed by atoms with Crippen molar-refractivity contribution in [2.24, 2.45) is 0 Å². The van der Waals surface area contributed by atoms with E-state index in [1.807, 2.05) is 35.3 Å². The van der Waals surface area contributed by atoms with Gasteiger partial charge in [0.1, 0.15) is 0 Å². The molecular formula is C21H26N4O. The van der Waals surface area contributed by atoms with Crippen molar-refractivity contribution in [2.75, 3.05) is 20.8 Å². The molecule has 0 aliphatic rings. The van der Waals surface area contributed by atoms with Gasteiger partial charge < -0.3 is 4.74 Å². The van der Waals surface area contributed by atoms with Crippen molar-refractivity contribution >= 4 is 0 Å². The molecule has 0 radical (unpaired) electrons. The quantitative estimate of drug-likeness (QED) is 0.652. The van der Waals surface area contributed by atoms with E-state index < -0.39 is 0 Å². The van der Waals surface area contributed by atoms with E-state index in [-0.39, 0.29) is 6.04 Å². The van der Waals surface area contributed by atoms with Crippen LogP contribution in [0.25, 0.3) is 5.69 Å². The number of methoxy groups -OCH3 is 1. The first kappa shape index (κ1) is 18.3. The monoisotopic (exact) mass is 350 g/mol. The Kier molecular flexibility index (Phi) is 5.81. The molecular weight excluding hydrogens is 324 g/mol. The Hall–Kier alpha value is -2.50. The lowest BCUT2D eigenvalue weighted by Crippen LogP contribution is -2.28. The molecule has 0 saturated carbocycles. The van der Waals surface area contributed by atoms with Crippen molar-refractivity contribution in [1.29, 1.82) is 0 Å². The lowest BCUT2D eigenvalue weighted by Gasteiger charge is -2.26. The number of hydrogen-bond donors (Lipinski definition) is 0. The van der Waals surface area contributed by atoms with Crippen LogP contribution in [0, 0.1) is 13.8 Å². The molecule has 2 aromatic heterocycles. The van der Waals surface area contributed by atoms with Crippen LogP contribution in [0.1, 0.15) is 28.4 Å². The molecule has 5 nitrogen and oxygen atoms in total. The van der Waals surface area contributed by atoms with Crippen LogP contribution < -0.4 is 0 Å². The molecule has 0 bridgehead atoms. The summed E-state index contributed by atoms with van der Waals surface area (Å²) in [5, 5.41) is 4.53. The predicted octanol–water partition coefficient (Wildman–Crippen LogP) is 3.70. The first-order chi connectivity index (χ1) is 12.6. The van der Waals surface area contributed by atoms with Crippen LogP contribution >= 0.6 is 0 Å². The highest BCUT2D eigenvalue weighted by Crippen LogP contribution is 2.20. The lowest BCUT2D eigenvalue weighted by atomic mass is 10.1. The molecule has 136 valence electrons. The SMILES string of the molecule is COCC(c1ccccn1)N(C)Cc1cnn(-c2ccc(C)c(C)c2)c1. The third kappa shape index (κ3) is 4.18. The van der Waals surface area contributed by atoms with Gasteiger partial charge in [0, 0.05) is 31.6 Å². The minimum Gasteiger partial charge on any atom is -0.383 e. The zero-order valence-corrected chi connectivity index (χ0v) is 15.9. The van der Waals surface area contributed by atoms with Crippen LogP contribution in [-0.2, 0) is 11.3 Å². The smallest absolute Gasteiger partial charge is 0.0757 e.